The number of thioether (sulfide) groups is 1. The zero-order valence-electron chi connectivity index (χ0n) is 13.2. The summed E-state index contributed by atoms with van der Waals surface area (Å²) in [5.41, 5.74) is 2.64. The molecule has 1 N–H and O–H groups in total. The number of nitrogens with one attached hydrogen (secondary N) is 1. The summed E-state index contributed by atoms with van der Waals surface area (Å²) in [4.78, 5) is 1.34. The monoisotopic (exact) mass is 303 g/mol. The smallest absolute Gasteiger partial charge is 0.0522 e. The zero-order chi connectivity index (χ0) is 15.1. The molecule has 3 nitrogen and oxygen atoms in total. The molecule has 21 heavy (non-hydrogen) atoms. The Hall–Kier alpha value is -1.26. The van der Waals surface area contributed by atoms with Gasteiger partial charge in [0.05, 0.1) is 6.20 Å². The van der Waals surface area contributed by atoms with E-state index in [4.69, 9.17) is 0 Å². The first-order valence-electron chi connectivity index (χ1n) is 7.74. The van der Waals surface area contributed by atoms with E-state index in [1.165, 1.54) is 16.0 Å². The van der Waals surface area contributed by atoms with Gasteiger partial charge in [0.1, 0.15) is 0 Å². The Morgan fingerprint density at radius 1 is 1.19 bits per heavy atom. The van der Waals surface area contributed by atoms with Gasteiger partial charge in [-0.3, -0.25) is 4.68 Å². The Kier molecular flexibility index (Phi) is 6.33. The molecule has 0 aliphatic carbocycles. The second-order valence-corrected chi connectivity index (χ2v) is 6.36. The Labute approximate surface area is 132 Å². The van der Waals surface area contributed by atoms with Gasteiger partial charge in [0.2, 0.25) is 0 Å². The fourth-order valence-corrected chi connectivity index (χ4v) is 3.10. The van der Waals surface area contributed by atoms with E-state index in [1.54, 1.807) is 0 Å². The van der Waals surface area contributed by atoms with Crippen molar-refractivity contribution in [1.82, 2.24) is 15.1 Å². The van der Waals surface area contributed by atoms with Crippen LogP contribution in [0, 0.1) is 0 Å². The van der Waals surface area contributed by atoms with E-state index < -0.39 is 0 Å². The third-order valence-corrected chi connectivity index (χ3v) is 4.39. The van der Waals surface area contributed by atoms with Crippen LogP contribution in [-0.2, 0) is 13.0 Å². The van der Waals surface area contributed by atoms with Gasteiger partial charge in [0.25, 0.3) is 0 Å². The number of hydrogen-bond acceptors (Lipinski definition) is 3. The molecule has 1 aromatic heterocycles. The van der Waals surface area contributed by atoms with Gasteiger partial charge in [-0.15, -0.1) is 11.8 Å². The lowest BCUT2D eigenvalue weighted by molar-refractivity contribution is 0.549. The number of aromatic nitrogens is 2. The molecule has 1 atom stereocenters. The van der Waals surface area contributed by atoms with Gasteiger partial charge in [0.15, 0.2) is 0 Å². The van der Waals surface area contributed by atoms with Crippen molar-refractivity contribution in [2.24, 2.45) is 0 Å². The maximum atomic E-state index is 4.37. The summed E-state index contributed by atoms with van der Waals surface area (Å²) in [6, 6.07) is 9.29. The number of benzene rings is 1. The maximum Gasteiger partial charge on any atom is 0.0522 e. The molecule has 4 heteroatoms. The van der Waals surface area contributed by atoms with Gasteiger partial charge in [-0.2, -0.15) is 5.10 Å². The van der Waals surface area contributed by atoms with Crippen molar-refractivity contribution in [3.8, 4) is 0 Å². The van der Waals surface area contributed by atoms with Crippen molar-refractivity contribution in [2.45, 2.75) is 44.7 Å². The summed E-state index contributed by atoms with van der Waals surface area (Å²) in [7, 11) is 0. The summed E-state index contributed by atoms with van der Waals surface area (Å²) in [5.74, 6) is 1.12. The normalized spacial score (nSPS) is 12.5. The van der Waals surface area contributed by atoms with Crippen LogP contribution in [0.15, 0.2) is 41.6 Å². The first kappa shape index (κ1) is 16.1. The second-order valence-electron chi connectivity index (χ2n) is 5.02. The number of likely N-dealkylation sites (N-methyl/N-ethyl adjacent to an activating group) is 1. The van der Waals surface area contributed by atoms with Crippen molar-refractivity contribution < 1.29 is 0 Å². The molecule has 0 fully saturated rings. The summed E-state index contributed by atoms with van der Waals surface area (Å²) in [6.07, 6.45) is 5.11. The fourth-order valence-electron chi connectivity index (χ4n) is 2.44. The quantitative estimate of drug-likeness (QED) is 0.750. The molecule has 2 rings (SSSR count). The van der Waals surface area contributed by atoms with Crippen molar-refractivity contribution in [3.63, 3.8) is 0 Å². The highest BCUT2D eigenvalue weighted by atomic mass is 32.2. The molecular weight excluding hydrogens is 278 g/mol. The van der Waals surface area contributed by atoms with Gasteiger partial charge in [-0.05, 0) is 48.9 Å². The summed E-state index contributed by atoms with van der Waals surface area (Å²) in [5, 5.41) is 7.95. The van der Waals surface area contributed by atoms with E-state index in [-0.39, 0.29) is 0 Å². The molecule has 0 aliphatic rings. The van der Waals surface area contributed by atoms with Crippen molar-refractivity contribution >= 4 is 11.8 Å². The van der Waals surface area contributed by atoms with Crippen LogP contribution >= 0.6 is 11.8 Å². The topological polar surface area (TPSA) is 29.9 Å². The highest BCUT2D eigenvalue weighted by Gasteiger charge is 2.12. The molecule has 2 aromatic rings. The summed E-state index contributed by atoms with van der Waals surface area (Å²) in [6.45, 7) is 8.35. The van der Waals surface area contributed by atoms with Crippen molar-refractivity contribution in [1.29, 1.82) is 0 Å². The first-order valence-corrected chi connectivity index (χ1v) is 8.72. The predicted octanol–water partition coefficient (Wildman–Crippen LogP) is 3.91. The number of nitrogens with zero attached hydrogens (tertiary/aromatic N) is 2. The van der Waals surface area contributed by atoms with Crippen LogP contribution in [0.25, 0.3) is 0 Å². The van der Waals surface area contributed by atoms with E-state index in [1.807, 2.05) is 22.6 Å². The van der Waals surface area contributed by atoms with E-state index >= 15 is 0 Å². The minimum Gasteiger partial charge on any atom is -0.310 e. The molecule has 1 aromatic carbocycles. The largest absolute Gasteiger partial charge is 0.310 e. The summed E-state index contributed by atoms with van der Waals surface area (Å²) >= 11 is 1.89. The number of rotatable bonds is 8. The fraction of sp³-hybridized carbons (Fsp3) is 0.471. The lowest BCUT2D eigenvalue weighted by atomic mass is 10.0. The average molecular weight is 303 g/mol. The zero-order valence-corrected chi connectivity index (χ0v) is 14.0. The Bertz CT molecular complexity index is 533. The average Bonchev–Trinajstić information content (AvgIpc) is 2.96. The Balaban J connectivity index is 2.10. The molecule has 1 heterocycles. The van der Waals surface area contributed by atoms with Crippen molar-refractivity contribution in [3.05, 3.63) is 47.8 Å². The number of hydrogen-bond donors (Lipinski definition) is 1. The number of aryl methyl sites for hydroxylation is 1. The van der Waals surface area contributed by atoms with Gasteiger partial charge >= 0.3 is 0 Å². The van der Waals surface area contributed by atoms with Crippen LogP contribution in [0.4, 0.5) is 0 Å². The van der Waals surface area contributed by atoms with E-state index in [0.717, 1.165) is 25.3 Å². The highest BCUT2D eigenvalue weighted by molar-refractivity contribution is 7.99. The minimum absolute atomic E-state index is 0.352. The van der Waals surface area contributed by atoms with Crippen LogP contribution < -0.4 is 5.32 Å². The van der Waals surface area contributed by atoms with E-state index in [2.05, 4.69) is 61.6 Å². The Morgan fingerprint density at radius 3 is 2.52 bits per heavy atom. The van der Waals surface area contributed by atoms with Gasteiger partial charge in [-0.1, -0.05) is 26.0 Å². The predicted molar refractivity (Wildman–Crippen MR) is 90.9 cm³/mol. The maximum absolute atomic E-state index is 4.37. The molecule has 0 radical (unpaired) electrons. The molecule has 0 bridgehead atoms. The van der Waals surface area contributed by atoms with Gasteiger partial charge in [0, 0.05) is 23.7 Å². The first-order chi connectivity index (χ1) is 10.3. The van der Waals surface area contributed by atoms with Crippen LogP contribution in [0.2, 0.25) is 0 Å². The molecule has 0 spiro atoms. The van der Waals surface area contributed by atoms with Crippen LogP contribution in [0.5, 0.6) is 0 Å². The van der Waals surface area contributed by atoms with Crippen molar-refractivity contribution in [2.75, 3.05) is 12.3 Å². The molecule has 0 aliphatic heterocycles. The summed E-state index contributed by atoms with van der Waals surface area (Å²) < 4.78 is 1.99. The van der Waals surface area contributed by atoms with Gasteiger partial charge in [-0.25, -0.2) is 0 Å². The SMILES string of the molecule is CCNC(Cc1cnn(CC)c1)c1ccc(SCC)cc1. The molecule has 1 unspecified atom stereocenters. The van der Waals surface area contributed by atoms with Gasteiger partial charge < -0.3 is 5.32 Å². The second kappa shape index (κ2) is 8.25. The lowest BCUT2D eigenvalue weighted by Gasteiger charge is -2.18. The third-order valence-electron chi connectivity index (χ3n) is 3.49. The standard InChI is InChI=1S/C17H25N3S/c1-4-18-17(11-14-12-19-20(5-2)13-14)15-7-9-16(10-8-15)21-6-3/h7-10,12-13,17-18H,4-6,11H2,1-3H3. The molecule has 114 valence electrons. The van der Waals surface area contributed by atoms with Crippen LogP contribution in [-0.4, -0.2) is 22.1 Å². The Morgan fingerprint density at radius 2 is 1.95 bits per heavy atom. The minimum atomic E-state index is 0.352. The molecule has 0 amide bonds. The van der Waals surface area contributed by atoms with E-state index in [0.29, 0.717) is 6.04 Å². The molecule has 0 saturated heterocycles. The molecular formula is C17H25N3S. The lowest BCUT2D eigenvalue weighted by Crippen LogP contribution is -2.22. The third kappa shape index (κ3) is 4.61. The highest BCUT2D eigenvalue weighted by Crippen LogP contribution is 2.23. The van der Waals surface area contributed by atoms with Crippen LogP contribution in [0.3, 0.4) is 0 Å². The molecule has 0 saturated carbocycles. The van der Waals surface area contributed by atoms with E-state index in [9.17, 15) is 0 Å². The van der Waals surface area contributed by atoms with Crippen LogP contribution in [0.1, 0.15) is 37.9 Å².